The number of hydrogen-bond acceptors (Lipinski definition) is 7. The summed E-state index contributed by atoms with van der Waals surface area (Å²) in [5.41, 5.74) is 0.943. The van der Waals surface area contributed by atoms with Crippen LogP contribution in [0.5, 0.6) is 17.2 Å². The second-order valence-corrected chi connectivity index (χ2v) is 8.44. The van der Waals surface area contributed by atoms with Gasteiger partial charge in [-0.15, -0.1) is 0 Å². The molecular formula is C21H18N2O5S. The highest BCUT2D eigenvalue weighted by Crippen LogP contribution is 2.30. The zero-order chi connectivity index (χ0) is 20.3. The van der Waals surface area contributed by atoms with Crippen LogP contribution in [-0.4, -0.2) is 25.6 Å². The van der Waals surface area contributed by atoms with Crippen molar-refractivity contribution < 1.29 is 22.7 Å². The van der Waals surface area contributed by atoms with Gasteiger partial charge in [-0.1, -0.05) is 35.5 Å². The Hall–Kier alpha value is -3.39. The second kappa shape index (κ2) is 7.92. The fraction of sp³-hybridized carbons (Fsp3) is 0.143. The number of benzene rings is 2. The maximum absolute atomic E-state index is 11.5. The number of pyridine rings is 1. The van der Waals surface area contributed by atoms with Gasteiger partial charge in [0.2, 0.25) is 5.90 Å². The number of rotatable bonds is 5. The van der Waals surface area contributed by atoms with E-state index in [4.69, 9.17) is 14.3 Å². The van der Waals surface area contributed by atoms with Crippen LogP contribution in [0, 0.1) is 0 Å². The minimum Gasteiger partial charge on any atom is -0.457 e. The first kappa shape index (κ1) is 18.9. The van der Waals surface area contributed by atoms with Gasteiger partial charge in [-0.3, -0.25) is 0 Å². The lowest BCUT2D eigenvalue weighted by Gasteiger charge is -2.10. The van der Waals surface area contributed by atoms with Crippen LogP contribution in [0.3, 0.4) is 0 Å². The molecule has 0 saturated heterocycles. The Bertz CT molecular complexity index is 1110. The smallest absolute Gasteiger partial charge is 0.235 e. The van der Waals surface area contributed by atoms with Crippen molar-refractivity contribution in [2.75, 3.05) is 6.26 Å². The fourth-order valence-electron chi connectivity index (χ4n) is 2.75. The first-order valence-electron chi connectivity index (χ1n) is 8.87. The number of sulfone groups is 1. The molecule has 0 N–H and O–H groups in total. The molecule has 4 rings (SSSR count). The van der Waals surface area contributed by atoms with Gasteiger partial charge >= 0.3 is 0 Å². The molecule has 0 spiro atoms. The Morgan fingerprint density at radius 3 is 2.24 bits per heavy atom. The van der Waals surface area contributed by atoms with Crippen LogP contribution < -0.4 is 9.47 Å². The van der Waals surface area contributed by atoms with Crippen molar-refractivity contribution >= 4 is 15.7 Å². The summed E-state index contributed by atoms with van der Waals surface area (Å²) in [6, 6.07) is 20.1. The van der Waals surface area contributed by atoms with Crippen molar-refractivity contribution in [3.8, 4) is 17.2 Å². The molecule has 2 aromatic carbocycles. The number of ether oxygens (including phenoxy) is 2. The van der Waals surface area contributed by atoms with Crippen LogP contribution in [0.1, 0.15) is 18.1 Å². The summed E-state index contributed by atoms with van der Waals surface area (Å²) in [6.45, 7) is 0. The summed E-state index contributed by atoms with van der Waals surface area (Å²) in [5, 5.41) is 3.96. The topological polar surface area (TPSA) is 87.1 Å². The van der Waals surface area contributed by atoms with Crippen molar-refractivity contribution in [2.24, 2.45) is 5.16 Å². The fourth-order valence-corrected chi connectivity index (χ4v) is 3.31. The number of oxime groups is 1. The van der Waals surface area contributed by atoms with Gasteiger partial charge in [-0.2, -0.15) is 0 Å². The molecule has 7 nitrogen and oxygen atoms in total. The van der Waals surface area contributed by atoms with Crippen LogP contribution in [0.4, 0.5) is 0 Å². The summed E-state index contributed by atoms with van der Waals surface area (Å²) in [5.74, 6) is 2.29. The predicted molar refractivity (Wildman–Crippen MR) is 107 cm³/mol. The third-order valence-electron chi connectivity index (χ3n) is 4.20. The molecule has 29 heavy (non-hydrogen) atoms. The van der Waals surface area contributed by atoms with E-state index in [9.17, 15) is 8.42 Å². The van der Waals surface area contributed by atoms with Gasteiger partial charge in [0.25, 0.3) is 0 Å². The summed E-state index contributed by atoms with van der Waals surface area (Å²) >= 11 is 0. The number of hydrogen-bond donors (Lipinski definition) is 0. The SMILES string of the molecule is CS(=O)(=O)c1ccc(OC2=NO[C@@H](c3ccc(Oc4ccccc4)cc3)C2)cn1. The van der Waals surface area contributed by atoms with Crippen LogP contribution in [0.15, 0.2) is 83.1 Å². The highest BCUT2D eigenvalue weighted by Gasteiger charge is 2.25. The molecule has 1 aliphatic rings. The highest BCUT2D eigenvalue weighted by atomic mass is 32.2. The van der Waals surface area contributed by atoms with Crippen LogP contribution in [0.25, 0.3) is 0 Å². The Morgan fingerprint density at radius 2 is 1.59 bits per heavy atom. The minimum absolute atomic E-state index is 0.00912. The quantitative estimate of drug-likeness (QED) is 0.628. The van der Waals surface area contributed by atoms with Gasteiger partial charge in [0.1, 0.15) is 17.2 Å². The molecule has 3 aromatic rings. The monoisotopic (exact) mass is 410 g/mol. The van der Waals surface area contributed by atoms with Crippen LogP contribution >= 0.6 is 0 Å². The van der Waals surface area contributed by atoms with Crippen molar-refractivity contribution in [1.29, 1.82) is 0 Å². The van der Waals surface area contributed by atoms with E-state index in [0.29, 0.717) is 18.1 Å². The molecule has 0 unspecified atom stereocenters. The summed E-state index contributed by atoms with van der Waals surface area (Å²) in [7, 11) is -3.35. The average Bonchev–Trinajstić information content (AvgIpc) is 3.17. The van der Waals surface area contributed by atoms with Gasteiger partial charge < -0.3 is 14.3 Å². The van der Waals surface area contributed by atoms with E-state index in [-0.39, 0.29) is 11.1 Å². The Morgan fingerprint density at radius 1 is 0.897 bits per heavy atom. The van der Waals surface area contributed by atoms with E-state index in [1.807, 2.05) is 54.6 Å². The number of nitrogens with zero attached hydrogens (tertiary/aromatic N) is 2. The van der Waals surface area contributed by atoms with E-state index in [1.165, 1.54) is 18.3 Å². The number of aromatic nitrogens is 1. The number of para-hydroxylation sites is 1. The lowest BCUT2D eigenvalue weighted by atomic mass is 10.1. The molecule has 8 heteroatoms. The molecule has 1 aliphatic heterocycles. The Balaban J connectivity index is 1.35. The zero-order valence-corrected chi connectivity index (χ0v) is 16.4. The molecule has 0 saturated carbocycles. The largest absolute Gasteiger partial charge is 0.457 e. The Kier molecular flexibility index (Phi) is 5.18. The Labute approximate surface area is 168 Å². The highest BCUT2D eigenvalue weighted by molar-refractivity contribution is 7.90. The maximum atomic E-state index is 11.5. The molecule has 2 heterocycles. The first-order chi connectivity index (χ1) is 14.0. The standard InChI is InChI=1S/C21H18N2O5S/c1-29(24,25)21-12-11-18(14-22-21)27-20-13-19(28-23-20)15-7-9-17(10-8-15)26-16-5-3-2-4-6-16/h2-12,14,19H,13H2,1H3/t19-/m1/s1. The second-order valence-electron chi connectivity index (χ2n) is 6.47. The van der Waals surface area contributed by atoms with Gasteiger partial charge in [0.05, 0.1) is 12.6 Å². The summed E-state index contributed by atoms with van der Waals surface area (Å²) in [6.07, 6.45) is 2.64. The van der Waals surface area contributed by atoms with Gasteiger partial charge in [-0.05, 0) is 42.0 Å². The third-order valence-corrected chi connectivity index (χ3v) is 5.20. The lowest BCUT2D eigenvalue weighted by molar-refractivity contribution is 0.0855. The van der Waals surface area contributed by atoms with Crippen molar-refractivity contribution in [1.82, 2.24) is 4.98 Å². The molecule has 0 amide bonds. The summed E-state index contributed by atoms with van der Waals surface area (Å²) < 4.78 is 34.3. The van der Waals surface area contributed by atoms with Gasteiger partial charge in [0.15, 0.2) is 21.0 Å². The molecule has 0 fully saturated rings. The van der Waals surface area contributed by atoms with E-state index in [2.05, 4.69) is 10.1 Å². The minimum atomic E-state index is -3.35. The van der Waals surface area contributed by atoms with E-state index in [1.54, 1.807) is 0 Å². The molecule has 148 valence electrons. The molecule has 1 atom stereocenters. The third kappa shape index (κ3) is 4.72. The predicted octanol–water partition coefficient (Wildman–Crippen LogP) is 4.13. The van der Waals surface area contributed by atoms with Crippen LogP contribution in [0.2, 0.25) is 0 Å². The maximum Gasteiger partial charge on any atom is 0.235 e. The van der Waals surface area contributed by atoms with Gasteiger partial charge in [-0.25, -0.2) is 13.4 Å². The van der Waals surface area contributed by atoms with E-state index in [0.717, 1.165) is 23.3 Å². The van der Waals surface area contributed by atoms with E-state index >= 15 is 0 Å². The van der Waals surface area contributed by atoms with E-state index < -0.39 is 9.84 Å². The normalized spacial score (nSPS) is 16.0. The van der Waals surface area contributed by atoms with Gasteiger partial charge in [0, 0.05) is 6.26 Å². The molecule has 0 radical (unpaired) electrons. The van der Waals surface area contributed by atoms with Crippen molar-refractivity contribution in [3.05, 3.63) is 78.5 Å². The zero-order valence-electron chi connectivity index (χ0n) is 15.6. The first-order valence-corrected chi connectivity index (χ1v) is 10.8. The average molecular weight is 410 g/mol. The molecule has 0 aliphatic carbocycles. The van der Waals surface area contributed by atoms with Crippen molar-refractivity contribution in [2.45, 2.75) is 17.6 Å². The van der Waals surface area contributed by atoms with Crippen LogP contribution in [-0.2, 0) is 14.7 Å². The molecule has 1 aromatic heterocycles. The molecular weight excluding hydrogens is 392 g/mol. The lowest BCUT2D eigenvalue weighted by Crippen LogP contribution is -2.08. The summed E-state index contributed by atoms with van der Waals surface area (Å²) in [4.78, 5) is 9.36. The molecule has 0 bridgehead atoms. The van der Waals surface area contributed by atoms with Crippen molar-refractivity contribution in [3.63, 3.8) is 0 Å².